The molecule has 2 aromatic heterocycles. The molecule has 0 fully saturated rings. The number of para-hydroxylation sites is 3. The van der Waals surface area contributed by atoms with Crippen LogP contribution in [0.5, 0.6) is 11.5 Å². The number of hydrogen-bond acceptors (Lipinski definition) is 4. The summed E-state index contributed by atoms with van der Waals surface area (Å²) in [5, 5.41) is 8.63. The summed E-state index contributed by atoms with van der Waals surface area (Å²) in [6.45, 7) is 18.3. The molecule has 7 aromatic carbocycles. The van der Waals surface area contributed by atoms with Crippen molar-refractivity contribution in [3.8, 4) is 33.8 Å². The van der Waals surface area contributed by atoms with Crippen molar-refractivity contribution < 1.29 is 25.8 Å². The summed E-state index contributed by atoms with van der Waals surface area (Å²) >= 11 is 0. The molecule has 0 amide bonds. The first-order chi connectivity index (χ1) is 29.4. The monoisotopic (exact) mass is 986 g/mol. The van der Waals surface area contributed by atoms with Crippen molar-refractivity contribution in [2.75, 3.05) is 9.80 Å². The predicted octanol–water partition coefficient (Wildman–Crippen LogP) is 14.6. The molecule has 0 bridgehead atoms. The smallest absolute Gasteiger partial charge is 0.0752 e. The van der Waals surface area contributed by atoms with Gasteiger partial charge >= 0.3 is 0 Å². The van der Waals surface area contributed by atoms with Crippen LogP contribution >= 0.6 is 0 Å². The van der Waals surface area contributed by atoms with Crippen LogP contribution in [0.4, 0.5) is 22.7 Å². The molecule has 5 nitrogen and oxygen atoms in total. The summed E-state index contributed by atoms with van der Waals surface area (Å²) in [5.74, 6) is 1.24. The van der Waals surface area contributed by atoms with Gasteiger partial charge in [-0.25, -0.2) is 0 Å². The Morgan fingerprint density at radius 2 is 1.21 bits per heavy atom. The number of pyridine rings is 1. The van der Waals surface area contributed by atoms with E-state index < -0.39 is 0 Å². The van der Waals surface area contributed by atoms with Gasteiger partial charge in [0.05, 0.1) is 11.7 Å². The van der Waals surface area contributed by atoms with E-state index in [0.717, 1.165) is 67.0 Å². The normalized spacial score (nSPS) is 15.0. The molecule has 1 aliphatic carbocycles. The Morgan fingerprint density at radius 3 is 1.87 bits per heavy atom. The Bertz CT molecular complexity index is 3140. The van der Waals surface area contributed by atoms with Gasteiger partial charge < -0.3 is 14.5 Å². The van der Waals surface area contributed by atoms with Crippen LogP contribution in [0, 0.1) is 18.8 Å². The maximum Gasteiger partial charge on any atom is 0.0752 e. The van der Waals surface area contributed by atoms with Crippen LogP contribution in [0.25, 0.3) is 49.4 Å². The minimum absolute atomic E-state index is 0. The van der Waals surface area contributed by atoms with E-state index in [1.54, 1.807) is 0 Å². The molecule has 6 heteroatoms. The standard InChI is InChI=1S/C56H47N4O.Pt/c1-54(2,3)38-30-39(58-35-59(49-27-15-14-26-48(49)58)52-42(36-18-10-8-11-19-36)22-16-23-43(52)37-20-12-9-13-21-37)32-41(31-38)61-40-28-29-44-45-24-17-25-46-51(45)53-47(56(6,7)55(46,4)5)34-57-60(53)50(44)33-40;/h8-31,34-35H,1-7H3;/q-3;. The first-order valence-corrected chi connectivity index (χ1v) is 21.2. The van der Waals surface area contributed by atoms with E-state index in [2.05, 4.69) is 227 Å². The Labute approximate surface area is 378 Å². The molecule has 0 N–H and O–H groups in total. The molecular formula is C56H47N4OPt-3. The first-order valence-electron chi connectivity index (χ1n) is 21.2. The molecule has 3 heterocycles. The molecule has 62 heavy (non-hydrogen) atoms. The SMILES string of the molecule is CC(C)(C)c1cc(Oc2[c-]c3c(cc2)c2cccc4c2c2c(cnn32)C(C)(C)C4(C)C)[c-]c(N2[CH-]N(c3c(-c4ccccc4)cccc3-c3ccccc3)c3ccccc32)c1.[Pt]. The van der Waals surface area contributed by atoms with Crippen molar-refractivity contribution in [1.82, 2.24) is 9.61 Å². The maximum atomic E-state index is 6.85. The molecule has 1 aliphatic heterocycles. The van der Waals surface area contributed by atoms with E-state index in [4.69, 9.17) is 9.84 Å². The second-order valence-corrected chi connectivity index (χ2v) is 18.6. The van der Waals surface area contributed by atoms with Gasteiger partial charge in [0.15, 0.2) is 0 Å². The fourth-order valence-corrected chi connectivity index (χ4v) is 9.60. The Morgan fingerprint density at radius 1 is 0.597 bits per heavy atom. The first kappa shape index (κ1) is 39.9. The van der Waals surface area contributed by atoms with Crippen LogP contribution in [-0.2, 0) is 37.3 Å². The third-order valence-corrected chi connectivity index (χ3v) is 13.6. The molecule has 9 aromatic rings. The van der Waals surface area contributed by atoms with Crippen LogP contribution in [0.2, 0.25) is 0 Å². The fraction of sp³-hybridized carbons (Fsp3) is 0.179. The third-order valence-electron chi connectivity index (χ3n) is 13.6. The van der Waals surface area contributed by atoms with Gasteiger partial charge in [0.25, 0.3) is 0 Å². The van der Waals surface area contributed by atoms with Crippen LogP contribution in [0.3, 0.4) is 0 Å². The molecule has 0 atom stereocenters. The van der Waals surface area contributed by atoms with Gasteiger partial charge in [-0.2, -0.15) is 11.2 Å². The molecule has 0 radical (unpaired) electrons. The zero-order chi connectivity index (χ0) is 41.8. The fourth-order valence-electron chi connectivity index (χ4n) is 9.60. The summed E-state index contributed by atoms with van der Waals surface area (Å²) in [7, 11) is 0. The van der Waals surface area contributed by atoms with Crippen molar-refractivity contribution in [3.63, 3.8) is 0 Å². The van der Waals surface area contributed by atoms with E-state index in [1.165, 1.54) is 21.9 Å². The molecule has 11 rings (SSSR count). The maximum absolute atomic E-state index is 6.85. The number of aromatic nitrogens is 2. The number of hydrogen-bond donors (Lipinski definition) is 0. The Hall–Kier alpha value is -6.16. The van der Waals surface area contributed by atoms with Crippen molar-refractivity contribution in [2.24, 2.45) is 0 Å². The number of anilines is 4. The summed E-state index contributed by atoms with van der Waals surface area (Å²) < 4.78 is 8.94. The van der Waals surface area contributed by atoms with Gasteiger partial charge in [0.1, 0.15) is 0 Å². The van der Waals surface area contributed by atoms with Crippen LogP contribution in [-0.4, -0.2) is 9.61 Å². The average Bonchev–Trinajstić information content (AvgIpc) is 3.90. The summed E-state index contributed by atoms with van der Waals surface area (Å²) in [6, 6.07) is 59.2. The van der Waals surface area contributed by atoms with E-state index in [0.29, 0.717) is 11.5 Å². The molecule has 0 spiro atoms. The number of nitrogens with zero attached hydrogens (tertiary/aromatic N) is 4. The largest absolute Gasteiger partial charge is 0.509 e. The van der Waals surface area contributed by atoms with Crippen LogP contribution in [0.1, 0.15) is 65.2 Å². The van der Waals surface area contributed by atoms with Gasteiger partial charge in [-0.05, 0) is 50.6 Å². The average molecular weight is 987 g/mol. The molecule has 0 saturated carbocycles. The van der Waals surface area contributed by atoms with Crippen LogP contribution < -0.4 is 14.5 Å². The van der Waals surface area contributed by atoms with E-state index in [9.17, 15) is 0 Å². The summed E-state index contributed by atoms with van der Waals surface area (Å²) in [4.78, 5) is 4.59. The minimum atomic E-state index is -0.170. The van der Waals surface area contributed by atoms with Crippen molar-refractivity contribution in [1.29, 1.82) is 0 Å². The second kappa shape index (κ2) is 14.5. The number of benzene rings is 7. The number of fused-ring (bicyclic) bond motifs is 4. The minimum Gasteiger partial charge on any atom is -0.509 e. The quantitative estimate of drug-likeness (QED) is 0.123. The zero-order valence-corrected chi connectivity index (χ0v) is 38.3. The molecule has 2 aliphatic rings. The van der Waals surface area contributed by atoms with E-state index in [1.807, 2.05) is 6.07 Å². The Balaban J connectivity index is 0.00000458. The molecular weight excluding hydrogens is 940 g/mol. The summed E-state index contributed by atoms with van der Waals surface area (Å²) in [6.07, 6.45) is 2.06. The predicted molar refractivity (Wildman–Crippen MR) is 251 cm³/mol. The zero-order valence-electron chi connectivity index (χ0n) is 36.0. The van der Waals surface area contributed by atoms with Gasteiger partial charge in [-0.15, -0.1) is 53.6 Å². The number of ether oxygens (including phenoxy) is 1. The van der Waals surface area contributed by atoms with Gasteiger partial charge in [-0.3, -0.25) is 4.52 Å². The van der Waals surface area contributed by atoms with Crippen LogP contribution in [0.15, 0.2) is 152 Å². The van der Waals surface area contributed by atoms with Gasteiger partial charge in [0.2, 0.25) is 0 Å². The summed E-state index contributed by atoms with van der Waals surface area (Å²) in [5.41, 5.74) is 14.2. The van der Waals surface area contributed by atoms with Gasteiger partial charge in [0, 0.05) is 71.7 Å². The molecule has 0 unspecified atom stereocenters. The van der Waals surface area contributed by atoms with Crippen molar-refractivity contribution >= 4 is 49.9 Å². The Kier molecular flexibility index (Phi) is 9.32. The molecule has 0 saturated heterocycles. The van der Waals surface area contributed by atoms with Gasteiger partial charge in [-0.1, -0.05) is 163 Å². The topological polar surface area (TPSA) is 33.0 Å². The molecule has 310 valence electrons. The van der Waals surface area contributed by atoms with Crippen molar-refractivity contribution in [2.45, 2.75) is 64.7 Å². The third kappa shape index (κ3) is 6.03. The number of rotatable bonds is 6. The second-order valence-electron chi connectivity index (χ2n) is 18.6. The van der Waals surface area contributed by atoms with E-state index in [-0.39, 0.29) is 37.3 Å². The van der Waals surface area contributed by atoms with E-state index >= 15 is 0 Å². The van der Waals surface area contributed by atoms with Crippen molar-refractivity contribution in [3.05, 3.63) is 187 Å².